The number of carbonyl (C=O) groups excluding carboxylic acids is 1. The maximum atomic E-state index is 11.9. The molecule has 0 bridgehead atoms. The van der Waals surface area contributed by atoms with Gasteiger partial charge in [-0.05, 0) is 19.1 Å². The lowest BCUT2D eigenvalue weighted by Crippen LogP contribution is -2.19. The van der Waals surface area contributed by atoms with Gasteiger partial charge in [0, 0.05) is 30.4 Å². The molecular formula is C13H14N4O4. The van der Waals surface area contributed by atoms with Crippen LogP contribution < -0.4 is 4.84 Å². The molecule has 0 saturated carbocycles. The Morgan fingerprint density at radius 3 is 2.57 bits per heavy atom. The quantitative estimate of drug-likeness (QED) is 0.721. The minimum Gasteiger partial charge on any atom is -0.492 e. The molecule has 0 amide bonds. The first-order valence-corrected chi connectivity index (χ1v) is 6.15. The first-order valence-electron chi connectivity index (χ1n) is 6.15. The molecule has 0 radical (unpaired) electrons. The summed E-state index contributed by atoms with van der Waals surface area (Å²) in [5.41, 5.74) is 7.76. The second-order valence-electron chi connectivity index (χ2n) is 4.44. The highest BCUT2D eigenvalue weighted by molar-refractivity contribution is 5.89. The molecule has 0 aliphatic rings. The van der Waals surface area contributed by atoms with E-state index in [1.807, 2.05) is 0 Å². The monoisotopic (exact) mass is 290 g/mol. The number of carbonyl (C=O) groups is 1. The summed E-state index contributed by atoms with van der Waals surface area (Å²) in [5, 5.41) is 22.1. The van der Waals surface area contributed by atoms with Gasteiger partial charge in [-0.3, -0.25) is 4.98 Å². The van der Waals surface area contributed by atoms with Crippen LogP contribution in [0.4, 0.5) is 0 Å². The molecule has 1 unspecified atom stereocenters. The molecule has 8 nitrogen and oxygen atoms in total. The van der Waals surface area contributed by atoms with Crippen molar-refractivity contribution < 1.29 is 19.8 Å². The van der Waals surface area contributed by atoms with E-state index in [9.17, 15) is 15.0 Å². The molecule has 2 aromatic heterocycles. The standard InChI is InChI=1S/C13H14N4O4/c1-8(16-14)6-10-3-2-9(7-15-10)13(20)21-17-11(18)4-5-12(17)19/h2-5,7-8,14,18-19H,6H2,1H3. The number of hydrogen-bond donors (Lipinski definition) is 3. The maximum absolute atomic E-state index is 11.9. The summed E-state index contributed by atoms with van der Waals surface area (Å²) < 4.78 is 0.608. The van der Waals surface area contributed by atoms with Gasteiger partial charge in [0.1, 0.15) is 0 Å². The number of nitrogens with zero attached hydrogens (tertiary/aromatic N) is 3. The third kappa shape index (κ3) is 3.35. The highest BCUT2D eigenvalue weighted by Gasteiger charge is 2.14. The topological polar surface area (TPSA) is 121 Å². The average Bonchev–Trinajstić information content (AvgIpc) is 2.79. The van der Waals surface area contributed by atoms with Crippen LogP contribution in [0.1, 0.15) is 23.0 Å². The maximum Gasteiger partial charge on any atom is 0.365 e. The minimum atomic E-state index is -0.769. The van der Waals surface area contributed by atoms with Crippen molar-refractivity contribution in [1.29, 1.82) is 5.53 Å². The Kier molecular flexibility index (Phi) is 4.17. The van der Waals surface area contributed by atoms with Gasteiger partial charge in [0.2, 0.25) is 11.8 Å². The zero-order valence-electron chi connectivity index (χ0n) is 11.2. The van der Waals surface area contributed by atoms with E-state index in [2.05, 4.69) is 10.1 Å². The van der Waals surface area contributed by atoms with E-state index in [1.54, 1.807) is 13.0 Å². The summed E-state index contributed by atoms with van der Waals surface area (Å²) in [6.07, 6.45) is 1.82. The largest absolute Gasteiger partial charge is 0.492 e. The zero-order valence-corrected chi connectivity index (χ0v) is 11.2. The van der Waals surface area contributed by atoms with Gasteiger partial charge < -0.3 is 15.1 Å². The van der Waals surface area contributed by atoms with E-state index < -0.39 is 17.7 Å². The van der Waals surface area contributed by atoms with Crippen molar-refractivity contribution >= 4 is 5.97 Å². The molecule has 2 rings (SSSR count). The molecule has 2 aromatic rings. The summed E-state index contributed by atoms with van der Waals surface area (Å²) >= 11 is 0. The van der Waals surface area contributed by atoms with Gasteiger partial charge in [0.05, 0.1) is 11.6 Å². The second kappa shape index (κ2) is 6.04. The molecule has 0 spiro atoms. The van der Waals surface area contributed by atoms with Gasteiger partial charge in [0.15, 0.2) is 0 Å². The summed E-state index contributed by atoms with van der Waals surface area (Å²) in [4.78, 5) is 20.8. The smallest absolute Gasteiger partial charge is 0.365 e. The van der Waals surface area contributed by atoms with Crippen LogP contribution in [-0.4, -0.2) is 31.9 Å². The highest BCUT2D eigenvalue weighted by atomic mass is 16.7. The summed E-state index contributed by atoms with van der Waals surface area (Å²) in [6.45, 7) is 1.79. The molecule has 0 fully saturated rings. The lowest BCUT2D eigenvalue weighted by molar-refractivity contribution is 0.0381. The first kappa shape index (κ1) is 14.5. The van der Waals surface area contributed by atoms with Crippen molar-refractivity contribution in [1.82, 2.24) is 9.71 Å². The van der Waals surface area contributed by atoms with Crippen LogP contribution in [0.5, 0.6) is 11.8 Å². The highest BCUT2D eigenvalue weighted by Crippen LogP contribution is 2.19. The molecule has 0 aromatic carbocycles. The fourth-order valence-corrected chi connectivity index (χ4v) is 1.65. The Morgan fingerprint density at radius 2 is 2.05 bits per heavy atom. The van der Waals surface area contributed by atoms with E-state index in [-0.39, 0.29) is 11.6 Å². The fraction of sp³-hybridized carbons (Fsp3) is 0.231. The van der Waals surface area contributed by atoms with Crippen LogP contribution in [0.25, 0.3) is 0 Å². The van der Waals surface area contributed by atoms with Crippen LogP contribution in [-0.2, 0) is 6.42 Å². The number of hydrogen-bond acceptors (Lipinski definition) is 7. The number of nitrogens with one attached hydrogen (secondary N) is 1. The van der Waals surface area contributed by atoms with E-state index in [0.29, 0.717) is 16.8 Å². The van der Waals surface area contributed by atoms with Gasteiger partial charge in [-0.1, -0.05) is 0 Å². The molecule has 21 heavy (non-hydrogen) atoms. The molecule has 110 valence electrons. The summed E-state index contributed by atoms with van der Waals surface area (Å²) in [6, 6.07) is 5.35. The minimum absolute atomic E-state index is 0.168. The van der Waals surface area contributed by atoms with Crippen molar-refractivity contribution in [3.63, 3.8) is 0 Å². The predicted molar refractivity (Wildman–Crippen MR) is 71.2 cm³/mol. The predicted octanol–water partition coefficient (Wildman–Crippen LogP) is 1.53. The molecule has 3 N–H and O–H groups in total. The number of aromatic hydroxyl groups is 2. The second-order valence-corrected chi connectivity index (χ2v) is 4.44. The van der Waals surface area contributed by atoms with Crippen molar-refractivity contribution in [2.24, 2.45) is 5.11 Å². The average molecular weight is 290 g/mol. The van der Waals surface area contributed by atoms with Crippen molar-refractivity contribution in [3.8, 4) is 11.8 Å². The van der Waals surface area contributed by atoms with Crippen LogP contribution in [0.15, 0.2) is 35.6 Å². The van der Waals surface area contributed by atoms with Crippen molar-refractivity contribution in [2.45, 2.75) is 19.4 Å². The van der Waals surface area contributed by atoms with Crippen LogP contribution in [0.2, 0.25) is 0 Å². The summed E-state index contributed by atoms with van der Waals surface area (Å²) in [7, 11) is 0. The molecule has 0 aliphatic heterocycles. The van der Waals surface area contributed by atoms with Gasteiger partial charge in [0.25, 0.3) is 0 Å². The van der Waals surface area contributed by atoms with Crippen molar-refractivity contribution in [3.05, 3.63) is 41.7 Å². The van der Waals surface area contributed by atoms with E-state index in [0.717, 1.165) is 0 Å². The Bertz CT molecular complexity index is 631. The SMILES string of the molecule is CC(Cc1ccc(C(=O)On2c(O)ccc2O)cn1)N=N. The van der Waals surface area contributed by atoms with E-state index in [1.165, 1.54) is 24.4 Å². The normalized spacial score (nSPS) is 11.9. The Labute approximate surface area is 120 Å². The first-order chi connectivity index (χ1) is 10.0. The molecular weight excluding hydrogens is 276 g/mol. The van der Waals surface area contributed by atoms with E-state index >= 15 is 0 Å². The zero-order chi connectivity index (χ0) is 15.4. The van der Waals surface area contributed by atoms with Crippen LogP contribution >= 0.6 is 0 Å². The summed E-state index contributed by atoms with van der Waals surface area (Å²) in [5.74, 6) is -1.55. The molecule has 0 saturated heterocycles. The lowest BCUT2D eigenvalue weighted by Gasteiger charge is -2.07. The molecule has 1 atom stereocenters. The Morgan fingerprint density at radius 1 is 1.38 bits per heavy atom. The van der Waals surface area contributed by atoms with E-state index in [4.69, 9.17) is 10.4 Å². The fourth-order valence-electron chi connectivity index (χ4n) is 1.65. The van der Waals surface area contributed by atoms with Gasteiger partial charge in [-0.25, -0.2) is 10.3 Å². The third-order valence-electron chi connectivity index (χ3n) is 2.76. The van der Waals surface area contributed by atoms with Gasteiger partial charge in [-0.2, -0.15) is 5.11 Å². The lowest BCUT2D eigenvalue weighted by atomic mass is 10.1. The Hall–Kier alpha value is -2.90. The number of aromatic nitrogens is 2. The number of pyridine rings is 1. The van der Waals surface area contributed by atoms with Gasteiger partial charge in [-0.15, -0.1) is 4.73 Å². The third-order valence-corrected chi connectivity index (χ3v) is 2.76. The Balaban J connectivity index is 2.08. The molecule has 0 aliphatic carbocycles. The van der Waals surface area contributed by atoms with Gasteiger partial charge >= 0.3 is 5.97 Å². The van der Waals surface area contributed by atoms with Crippen LogP contribution in [0, 0.1) is 5.53 Å². The van der Waals surface area contributed by atoms with Crippen molar-refractivity contribution in [2.75, 3.05) is 0 Å². The number of rotatable bonds is 5. The molecule has 2 heterocycles. The van der Waals surface area contributed by atoms with Crippen LogP contribution in [0.3, 0.4) is 0 Å². The molecule has 8 heteroatoms.